The van der Waals surface area contributed by atoms with Crippen LogP contribution in [0.5, 0.6) is 0 Å². The molecule has 136 valence electrons. The topological polar surface area (TPSA) is 58.2 Å². The lowest BCUT2D eigenvalue weighted by Gasteiger charge is -2.13. The minimum atomic E-state index is -0.276. The fourth-order valence-electron chi connectivity index (χ4n) is 2.70. The second-order valence-electron chi connectivity index (χ2n) is 6.09. The third-order valence-corrected chi connectivity index (χ3v) is 4.93. The number of para-hydroxylation sites is 1. The average molecular weight is 423 g/mol. The lowest BCUT2D eigenvalue weighted by Crippen LogP contribution is -2.25. The summed E-state index contributed by atoms with van der Waals surface area (Å²) in [7, 11) is 0. The van der Waals surface area contributed by atoms with E-state index in [0.717, 1.165) is 11.1 Å². The molecular formula is C22H19BrN2O2. The van der Waals surface area contributed by atoms with Crippen LogP contribution in [0.3, 0.4) is 0 Å². The molecule has 0 aromatic heterocycles. The molecule has 3 rings (SSSR count). The highest BCUT2D eigenvalue weighted by atomic mass is 79.9. The number of hydrogen-bond donors (Lipinski definition) is 2. The number of carbonyl (C=O) groups is 2. The van der Waals surface area contributed by atoms with Crippen molar-refractivity contribution in [2.24, 2.45) is 0 Å². The molecule has 2 N–H and O–H groups in total. The third-order valence-electron chi connectivity index (χ3n) is 4.24. The van der Waals surface area contributed by atoms with Crippen molar-refractivity contribution in [1.82, 2.24) is 5.32 Å². The maximum atomic E-state index is 12.7. The van der Waals surface area contributed by atoms with Gasteiger partial charge in [0.1, 0.15) is 0 Å². The predicted octanol–water partition coefficient (Wildman–Crippen LogP) is 4.94. The number of hydrogen-bond acceptors (Lipinski definition) is 2. The van der Waals surface area contributed by atoms with Crippen molar-refractivity contribution in [2.45, 2.75) is 13.5 Å². The van der Waals surface area contributed by atoms with E-state index >= 15 is 0 Å². The Hall–Kier alpha value is -2.92. The fraction of sp³-hybridized carbons (Fsp3) is 0.0909. The zero-order valence-electron chi connectivity index (χ0n) is 14.8. The number of rotatable bonds is 5. The van der Waals surface area contributed by atoms with Gasteiger partial charge in [-0.2, -0.15) is 0 Å². The quantitative estimate of drug-likeness (QED) is 0.611. The van der Waals surface area contributed by atoms with Crippen molar-refractivity contribution >= 4 is 33.4 Å². The van der Waals surface area contributed by atoms with Crippen molar-refractivity contribution in [1.29, 1.82) is 0 Å². The summed E-state index contributed by atoms with van der Waals surface area (Å²) in [6.45, 7) is 2.44. The van der Waals surface area contributed by atoms with E-state index in [1.807, 2.05) is 37.3 Å². The maximum absolute atomic E-state index is 12.7. The number of halogens is 1. The molecule has 0 radical (unpaired) electrons. The molecule has 2 amide bonds. The lowest BCUT2D eigenvalue weighted by atomic mass is 10.1. The Morgan fingerprint density at radius 2 is 1.44 bits per heavy atom. The zero-order chi connectivity index (χ0) is 19.2. The summed E-state index contributed by atoms with van der Waals surface area (Å²) in [6, 6.07) is 22.0. The van der Waals surface area contributed by atoms with Crippen molar-refractivity contribution < 1.29 is 9.59 Å². The Kier molecular flexibility index (Phi) is 6.04. The SMILES string of the molecule is Cc1ccccc1CNC(=O)c1ccccc1NC(=O)c1ccccc1Br. The molecule has 0 aliphatic heterocycles. The second kappa shape index (κ2) is 8.64. The Labute approximate surface area is 166 Å². The summed E-state index contributed by atoms with van der Waals surface area (Å²) in [4.78, 5) is 25.2. The molecule has 3 aromatic carbocycles. The first-order valence-electron chi connectivity index (χ1n) is 8.54. The molecule has 4 nitrogen and oxygen atoms in total. The Balaban J connectivity index is 1.75. The lowest BCUT2D eigenvalue weighted by molar-refractivity contribution is 0.0951. The molecular weight excluding hydrogens is 404 g/mol. The first-order chi connectivity index (χ1) is 13.1. The van der Waals surface area contributed by atoms with Gasteiger partial charge in [0.15, 0.2) is 0 Å². The van der Waals surface area contributed by atoms with Crippen LogP contribution in [0, 0.1) is 6.92 Å². The van der Waals surface area contributed by atoms with Gasteiger partial charge in [0.25, 0.3) is 11.8 Å². The number of anilines is 1. The van der Waals surface area contributed by atoms with Crippen LogP contribution < -0.4 is 10.6 Å². The van der Waals surface area contributed by atoms with Gasteiger partial charge in [0.2, 0.25) is 0 Å². The molecule has 0 unspecified atom stereocenters. The van der Waals surface area contributed by atoms with Gasteiger partial charge in [-0.05, 0) is 58.2 Å². The molecule has 0 saturated heterocycles. The monoisotopic (exact) mass is 422 g/mol. The molecule has 0 aliphatic carbocycles. The summed E-state index contributed by atoms with van der Waals surface area (Å²) < 4.78 is 0.698. The molecule has 0 atom stereocenters. The van der Waals surface area contributed by atoms with Crippen LogP contribution in [0.1, 0.15) is 31.8 Å². The van der Waals surface area contributed by atoms with Crippen LogP contribution in [-0.2, 0) is 6.54 Å². The zero-order valence-corrected chi connectivity index (χ0v) is 16.4. The molecule has 5 heteroatoms. The normalized spacial score (nSPS) is 10.3. The van der Waals surface area contributed by atoms with Crippen LogP contribution >= 0.6 is 15.9 Å². The number of nitrogens with one attached hydrogen (secondary N) is 2. The molecule has 0 spiro atoms. The molecule has 0 aliphatic rings. The van der Waals surface area contributed by atoms with E-state index < -0.39 is 0 Å². The van der Waals surface area contributed by atoms with Crippen LogP contribution in [-0.4, -0.2) is 11.8 Å². The van der Waals surface area contributed by atoms with Crippen molar-refractivity contribution in [3.63, 3.8) is 0 Å². The smallest absolute Gasteiger partial charge is 0.256 e. The Morgan fingerprint density at radius 3 is 2.19 bits per heavy atom. The van der Waals surface area contributed by atoms with E-state index in [2.05, 4.69) is 26.6 Å². The van der Waals surface area contributed by atoms with E-state index in [0.29, 0.717) is 27.8 Å². The Morgan fingerprint density at radius 1 is 0.815 bits per heavy atom. The highest BCUT2D eigenvalue weighted by Crippen LogP contribution is 2.20. The van der Waals surface area contributed by atoms with Gasteiger partial charge in [-0.25, -0.2) is 0 Å². The first kappa shape index (κ1) is 18.9. The average Bonchev–Trinajstić information content (AvgIpc) is 2.68. The van der Waals surface area contributed by atoms with Gasteiger partial charge in [0.05, 0.1) is 16.8 Å². The van der Waals surface area contributed by atoms with Crippen LogP contribution in [0.15, 0.2) is 77.3 Å². The molecule has 3 aromatic rings. The number of amides is 2. The number of aryl methyl sites for hydroxylation is 1. The maximum Gasteiger partial charge on any atom is 0.256 e. The number of carbonyl (C=O) groups excluding carboxylic acids is 2. The van der Waals surface area contributed by atoms with E-state index in [1.165, 1.54) is 0 Å². The highest BCUT2D eigenvalue weighted by Gasteiger charge is 2.15. The van der Waals surface area contributed by atoms with Gasteiger partial charge in [0, 0.05) is 11.0 Å². The predicted molar refractivity (Wildman–Crippen MR) is 111 cm³/mol. The van der Waals surface area contributed by atoms with E-state index in [9.17, 15) is 9.59 Å². The fourth-order valence-corrected chi connectivity index (χ4v) is 3.17. The summed E-state index contributed by atoms with van der Waals surface area (Å²) >= 11 is 3.38. The summed E-state index contributed by atoms with van der Waals surface area (Å²) in [5.74, 6) is -0.511. The van der Waals surface area contributed by atoms with Crippen LogP contribution in [0.2, 0.25) is 0 Å². The summed E-state index contributed by atoms with van der Waals surface area (Å²) in [6.07, 6.45) is 0. The minimum absolute atomic E-state index is 0.235. The minimum Gasteiger partial charge on any atom is -0.348 e. The van der Waals surface area contributed by atoms with E-state index in [4.69, 9.17) is 0 Å². The third kappa shape index (κ3) is 4.63. The first-order valence-corrected chi connectivity index (χ1v) is 9.33. The summed E-state index contributed by atoms with van der Waals surface area (Å²) in [5, 5.41) is 5.75. The van der Waals surface area contributed by atoms with Gasteiger partial charge < -0.3 is 10.6 Å². The molecule has 27 heavy (non-hydrogen) atoms. The van der Waals surface area contributed by atoms with Gasteiger partial charge in [-0.3, -0.25) is 9.59 Å². The Bertz CT molecular complexity index is 985. The van der Waals surface area contributed by atoms with Crippen LogP contribution in [0.4, 0.5) is 5.69 Å². The molecule has 0 fully saturated rings. The summed E-state index contributed by atoms with van der Waals surface area (Å²) in [5.41, 5.74) is 3.58. The highest BCUT2D eigenvalue weighted by molar-refractivity contribution is 9.10. The van der Waals surface area contributed by atoms with Gasteiger partial charge in [-0.15, -0.1) is 0 Å². The number of benzene rings is 3. The van der Waals surface area contributed by atoms with Crippen molar-refractivity contribution in [3.05, 3.63) is 99.5 Å². The second-order valence-corrected chi connectivity index (χ2v) is 6.94. The van der Waals surface area contributed by atoms with E-state index in [-0.39, 0.29) is 11.8 Å². The van der Waals surface area contributed by atoms with Crippen LogP contribution in [0.25, 0.3) is 0 Å². The molecule has 0 bridgehead atoms. The van der Waals surface area contributed by atoms with Crippen molar-refractivity contribution in [3.8, 4) is 0 Å². The largest absolute Gasteiger partial charge is 0.348 e. The van der Waals surface area contributed by atoms with E-state index in [1.54, 1.807) is 42.5 Å². The van der Waals surface area contributed by atoms with Gasteiger partial charge in [-0.1, -0.05) is 48.5 Å². The molecule has 0 saturated carbocycles. The molecule has 0 heterocycles. The van der Waals surface area contributed by atoms with Gasteiger partial charge >= 0.3 is 0 Å². The standard InChI is InChI=1S/C22H19BrN2O2/c1-15-8-2-3-9-16(15)14-24-21(26)18-11-5-7-13-20(18)25-22(27)17-10-4-6-12-19(17)23/h2-13H,14H2,1H3,(H,24,26)(H,25,27). The van der Waals surface area contributed by atoms with Crippen molar-refractivity contribution in [2.75, 3.05) is 5.32 Å².